The van der Waals surface area contributed by atoms with Crippen LogP contribution < -0.4 is 0 Å². The molecule has 3 unspecified atom stereocenters. The molecule has 0 aromatic carbocycles. The Bertz CT molecular complexity index is 643. The lowest BCUT2D eigenvalue weighted by Gasteiger charge is -2.44. The number of fused-ring (bicyclic) bond motifs is 1. The van der Waals surface area contributed by atoms with E-state index in [1.54, 1.807) is 5.57 Å². The fraction of sp³-hybridized carbons (Fsp3) is 0.778. The summed E-state index contributed by atoms with van der Waals surface area (Å²) in [6.45, 7) is 9.73. The molecule has 0 radical (unpaired) electrons. The molecule has 29 heavy (non-hydrogen) atoms. The van der Waals surface area contributed by atoms with Gasteiger partial charge < -0.3 is 5.11 Å². The molecule has 5 atom stereocenters. The van der Waals surface area contributed by atoms with Crippen molar-refractivity contribution < 1.29 is 9.50 Å². The van der Waals surface area contributed by atoms with Crippen molar-refractivity contribution in [2.24, 2.45) is 29.1 Å². The van der Waals surface area contributed by atoms with Crippen molar-refractivity contribution in [1.82, 2.24) is 0 Å². The summed E-state index contributed by atoms with van der Waals surface area (Å²) in [6, 6.07) is 0. The second kappa shape index (κ2) is 9.94. The van der Waals surface area contributed by atoms with E-state index in [1.807, 2.05) is 0 Å². The Balaban J connectivity index is 1.72. The zero-order valence-electron chi connectivity index (χ0n) is 19.2. The molecule has 3 aliphatic carbocycles. The van der Waals surface area contributed by atoms with Crippen LogP contribution in [0.3, 0.4) is 0 Å². The van der Waals surface area contributed by atoms with Gasteiger partial charge in [0.2, 0.25) is 0 Å². The molecule has 2 heteroatoms. The number of aliphatic hydroxyl groups is 1. The maximum Gasteiger partial charge on any atom is 0.0901 e. The molecule has 1 nitrogen and oxygen atoms in total. The van der Waals surface area contributed by atoms with E-state index < -0.39 is 0 Å². The highest BCUT2D eigenvalue weighted by molar-refractivity contribution is 5.37. The fourth-order valence-electron chi connectivity index (χ4n) is 6.74. The molecule has 0 spiro atoms. The summed E-state index contributed by atoms with van der Waals surface area (Å²) in [4.78, 5) is 0. The first-order valence-corrected chi connectivity index (χ1v) is 12.2. The molecule has 3 rings (SSSR count). The van der Waals surface area contributed by atoms with Gasteiger partial charge in [-0.25, -0.2) is 4.39 Å². The molecule has 0 aliphatic heterocycles. The summed E-state index contributed by atoms with van der Waals surface area (Å²) >= 11 is 0. The van der Waals surface area contributed by atoms with Crippen molar-refractivity contribution in [3.8, 4) is 0 Å². The molecule has 3 aliphatic rings. The third-order valence-corrected chi connectivity index (χ3v) is 8.41. The molecule has 0 amide bonds. The minimum Gasteiger partial charge on any atom is -0.393 e. The van der Waals surface area contributed by atoms with Crippen LogP contribution in [-0.4, -0.2) is 11.2 Å². The second-order valence-corrected chi connectivity index (χ2v) is 10.9. The van der Waals surface area contributed by atoms with Crippen LogP contribution in [0.15, 0.2) is 35.2 Å². The van der Waals surface area contributed by atoms with Crippen molar-refractivity contribution in [2.75, 3.05) is 0 Å². The number of hydrogen-bond acceptors (Lipinski definition) is 1. The lowest BCUT2D eigenvalue weighted by atomic mass is 9.60. The van der Waals surface area contributed by atoms with Crippen molar-refractivity contribution in [2.45, 2.75) is 104 Å². The van der Waals surface area contributed by atoms with Crippen LogP contribution in [-0.2, 0) is 0 Å². The highest BCUT2D eigenvalue weighted by Gasteiger charge is 2.50. The lowest BCUT2D eigenvalue weighted by Crippen LogP contribution is -2.36. The van der Waals surface area contributed by atoms with Crippen LogP contribution >= 0.6 is 0 Å². The Morgan fingerprint density at radius 1 is 1.07 bits per heavy atom. The van der Waals surface area contributed by atoms with Crippen molar-refractivity contribution in [1.29, 1.82) is 0 Å². The summed E-state index contributed by atoms with van der Waals surface area (Å²) in [6.07, 6.45) is 17.4. The highest BCUT2D eigenvalue weighted by atomic mass is 19.1. The normalized spacial score (nSPS) is 38.2. The minimum atomic E-state index is -0.317. The first-order valence-electron chi connectivity index (χ1n) is 12.2. The van der Waals surface area contributed by atoms with Gasteiger partial charge in [0.15, 0.2) is 0 Å². The third kappa shape index (κ3) is 5.24. The molecular weight excluding hydrogens is 359 g/mol. The molecule has 1 N–H and O–H groups in total. The van der Waals surface area contributed by atoms with Crippen LogP contribution in [0.5, 0.6) is 0 Å². The monoisotopic (exact) mass is 402 g/mol. The number of halogens is 1. The zero-order valence-corrected chi connectivity index (χ0v) is 19.2. The Morgan fingerprint density at radius 3 is 2.59 bits per heavy atom. The van der Waals surface area contributed by atoms with E-state index in [4.69, 9.17) is 0 Å². The smallest absolute Gasteiger partial charge is 0.0901 e. The van der Waals surface area contributed by atoms with Gasteiger partial charge in [-0.05, 0) is 91.6 Å². The standard InChI is InChI=1S/C27H43FO/c1-19(2)7-5-8-20(3)25-14-15-26-21(9-6-16-27(25,26)4)10-11-22-17-24(29)13-12-23(22)18-28/h10-11,18-20,24-26,29H,5-9,12-17H2,1-4H3/b21-10+,22-11-,23-18+/t20-,24+,25?,26?,27?/m1/s1. The van der Waals surface area contributed by atoms with E-state index in [9.17, 15) is 9.50 Å². The van der Waals surface area contributed by atoms with Gasteiger partial charge in [-0.15, -0.1) is 0 Å². The van der Waals surface area contributed by atoms with Crippen molar-refractivity contribution >= 4 is 0 Å². The molecule has 0 saturated heterocycles. The van der Waals surface area contributed by atoms with E-state index in [0.29, 0.717) is 30.6 Å². The van der Waals surface area contributed by atoms with Gasteiger partial charge in [-0.3, -0.25) is 0 Å². The van der Waals surface area contributed by atoms with E-state index in [0.717, 1.165) is 35.2 Å². The largest absolute Gasteiger partial charge is 0.393 e. The van der Waals surface area contributed by atoms with Crippen LogP contribution in [0, 0.1) is 29.1 Å². The number of allylic oxidation sites excluding steroid dienone is 4. The topological polar surface area (TPSA) is 20.2 Å². The van der Waals surface area contributed by atoms with Crippen molar-refractivity contribution in [3.63, 3.8) is 0 Å². The van der Waals surface area contributed by atoms with Gasteiger partial charge >= 0.3 is 0 Å². The number of rotatable bonds is 6. The maximum absolute atomic E-state index is 13.3. The Hall–Kier alpha value is -0.890. The van der Waals surface area contributed by atoms with E-state index in [2.05, 4.69) is 39.8 Å². The average molecular weight is 403 g/mol. The lowest BCUT2D eigenvalue weighted by molar-refractivity contribution is 0.0928. The predicted octanol–water partition coefficient (Wildman–Crippen LogP) is 7.92. The molecule has 0 heterocycles. The van der Waals surface area contributed by atoms with E-state index in [-0.39, 0.29) is 6.10 Å². The SMILES string of the molecule is CC(C)CCC[C@@H](C)C1CCC2/C(=C/C=C3/C[C@@H](O)CC/C3=C\F)CCCC21C. The molecule has 0 aromatic rings. The molecule has 3 fully saturated rings. The third-order valence-electron chi connectivity index (χ3n) is 8.41. The molecule has 164 valence electrons. The summed E-state index contributed by atoms with van der Waals surface area (Å²) in [5.74, 6) is 3.16. The highest BCUT2D eigenvalue weighted by Crippen LogP contribution is 2.59. The van der Waals surface area contributed by atoms with E-state index >= 15 is 0 Å². The second-order valence-electron chi connectivity index (χ2n) is 10.9. The number of hydrogen-bond donors (Lipinski definition) is 1. The fourth-order valence-corrected chi connectivity index (χ4v) is 6.74. The average Bonchev–Trinajstić information content (AvgIpc) is 3.03. The number of aliphatic hydroxyl groups excluding tert-OH is 1. The molecular formula is C27H43FO. The van der Waals surface area contributed by atoms with Gasteiger partial charge in [0.25, 0.3) is 0 Å². The van der Waals surface area contributed by atoms with Gasteiger partial charge in [0, 0.05) is 0 Å². The Kier molecular flexibility index (Phi) is 7.81. The van der Waals surface area contributed by atoms with Crippen LogP contribution in [0.4, 0.5) is 4.39 Å². The van der Waals surface area contributed by atoms with Crippen LogP contribution in [0.2, 0.25) is 0 Å². The minimum absolute atomic E-state index is 0.317. The first kappa shape index (κ1) is 22.8. The first-order chi connectivity index (χ1) is 13.8. The summed E-state index contributed by atoms with van der Waals surface area (Å²) in [5.41, 5.74) is 3.81. The molecule has 3 saturated carbocycles. The predicted molar refractivity (Wildman–Crippen MR) is 121 cm³/mol. The maximum atomic E-state index is 13.3. The van der Waals surface area contributed by atoms with E-state index in [1.165, 1.54) is 51.4 Å². The molecule has 0 bridgehead atoms. The Labute approximate surface area is 178 Å². The van der Waals surface area contributed by atoms with Crippen LogP contribution in [0.25, 0.3) is 0 Å². The van der Waals surface area contributed by atoms with Gasteiger partial charge in [0.05, 0.1) is 12.4 Å². The van der Waals surface area contributed by atoms with Crippen LogP contribution in [0.1, 0.15) is 98.3 Å². The zero-order chi connectivity index (χ0) is 21.0. The van der Waals surface area contributed by atoms with Gasteiger partial charge in [-0.1, -0.05) is 64.7 Å². The quantitative estimate of drug-likeness (QED) is 0.478. The summed E-state index contributed by atoms with van der Waals surface area (Å²) in [5, 5.41) is 10.0. The Morgan fingerprint density at radius 2 is 1.86 bits per heavy atom. The summed E-state index contributed by atoms with van der Waals surface area (Å²) in [7, 11) is 0. The molecule has 0 aromatic heterocycles. The van der Waals surface area contributed by atoms with Gasteiger partial charge in [0.1, 0.15) is 0 Å². The summed E-state index contributed by atoms with van der Waals surface area (Å²) < 4.78 is 13.3. The van der Waals surface area contributed by atoms with Gasteiger partial charge in [-0.2, -0.15) is 0 Å². The van der Waals surface area contributed by atoms with Crippen molar-refractivity contribution in [3.05, 3.63) is 35.2 Å².